The van der Waals surface area contributed by atoms with Crippen LogP contribution in [0.3, 0.4) is 0 Å². The molecule has 0 amide bonds. The van der Waals surface area contributed by atoms with Crippen LogP contribution in [0.15, 0.2) is 122 Å². The molecule has 0 aromatic rings. The quantitative estimate of drug-likeness (QED) is 0.0169. The number of aliphatic hydroxyl groups excluding tert-OH is 1. The van der Waals surface area contributed by atoms with Crippen molar-refractivity contribution in [2.24, 2.45) is 0 Å². The van der Waals surface area contributed by atoms with Gasteiger partial charge in [0.2, 0.25) is 0 Å². The molecule has 17 nitrogen and oxygen atoms in total. The van der Waals surface area contributed by atoms with Gasteiger partial charge in [-0.15, -0.1) is 0 Å². The number of unbranched alkanes of at least 4 members (excludes halogenated alkanes) is 19. The molecule has 0 bridgehead atoms. The van der Waals surface area contributed by atoms with Crippen molar-refractivity contribution >= 4 is 39.5 Å². The molecule has 0 saturated heterocycles. The van der Waals surface area contributed by atoms with Gasteiger partial charge in [0.05, 0.1) is 32.8 Å². The molecule has 92 heavy (non-hydrogen) atoms. The first-order valence-corrected chi connectivity index (χ1v) is 37.8. The number of aliphatic hydroxyl groups is 1. The lowest BCUT2D eigenvalue weighted by Crippen LogP contribution is -2.30. The summed E-state index contributed by atoms with van der Waals surface area (Å²) in [6.07, 6.45) is 68.3. The van der Waals surface area contributed by atoms with Gasteiger partial charge in [-0.05, 0) is 122 Å². The van der Waals surface area contributed by atoms with Crippen LogP contribution in [-0.4, -0.2) is 96.7 Å². The van der Waals surface area contributed by atoms with E-state index in [1.807, 2.05) is 18.2 Å². The third-order valence-electron chi connectivity index (χ3n) is 13.9. The van der Waals surface area contributed by atoms with Crippen molar-refractivity contribution in [3.8, 4) is 0 Å². The molecule has 0 aromatic heterocycles. The lowest BCUT2D eigenvalue weighted by Gasteiger charge is -2.21. The van der Waals surface area contributed by atoms with Gasteiger partial charge in [0.1, 0.15) is 19.3 Å². The number of rotatable bonds is 64. The molecule has 0 spiro atoms. The van der Waals surface area contributed by atoms with E-state index in [1.165, 1.54) is 25.7 Å². The molecule has 0 saturated carbocycles. The van der Waals surface area contributed by atoms with Crippen LogP contribution >= 0.6 is 15.6 Å². The highest BCUT2D eigenvalue weighted by molar-refractivity contribution is 7.47. The summed E-state index contributed by atoms with van der Waals surface area (Å²) in [7, 11) is -9.97. The van der Waals surface area contributed by atoms with Crippen molar-refractivity contribution in [2.75, 3.05) is 39.6 Å². The number of phosphoric ester groups is 2. The summed E-state index contributed by atoms with van der Waals surface area (Å²) in [4.78, 5) is 72.4. The minimum absolute atomic E-state index is 0.0531. The highest BCUT2D eigenvalue weighted by Gasteiger charge is 2.30. The summed E-state index contributed by atoms with van der Waals surface area (Å²) in [5.74, 6) is -2.37. The van der Waals surface area contributed by atoms with Crippen LogP contribution in [0.2, 0.25) is 0 Å². The normalized spacial score (nSPS) is 14.8. The number of allylic oxidation sites excluding steroid dienone is 19. The van der Waals surface area contributed by atoms with Gasteiger partial charge in [0.15, 0.2) is 12.2 Å². The van der Waals surface area contributed by atoms with Crippen molar-refractivity contribution in [3.05, 3.63) is 122 Å². The molecule has 526 valence electrons. The van der Waals surface area contributed by atoms with Gasteiger partial charge in [-0.2, -0.15) is 0 Å². The van der Waals surface area contributed by atoms with Crippen LogP contribution in [-0.2, 0) is 65.4 Å². The zero-order valence-corrected chi connectivity index (χ0v) is 58.7. The van der Waals surface area contributed by atoms with E-state index >= 15 is 0 Å². The molecule has 0 aliphatic heterocycles. The first-order chi connectivity index (χ1) is 44.7. The molecule has 0 aliphatic rings. The lowest BCUT2D eigenvalue weighted by atomic mass is 10.1. The molecule has 0 fully saturated rings. The van der Waals surface area contributed by atoms with E-state index in [9.17, 15) is 43.2 Å². The maximum absolute atomic E-state index is 13.0. The van der Waals surface area contributed by atoms with E-state index in [4.69, 9.17) is 37.0 Å². The summed E-state index contributed by atoms with van der Waals surface area (Å²) < 4.78 is 68.0. The molecular weight excluding hydrogens is 1210 g/mol. The third kappa shape index (κ3) is 64.2. The van der Waals surface area contributed by atoms with E-state index in [2.05, 4.69) is 125 Å². The highest BCUT2D eigenvalue weighted by Crippen LogP contribution is 2.45. The molecule has 3 N–H and O–H groups in total. The Labute approximate surface area is 555 Å². The molecule has 0 aliphatic carbocycles. The first-order valence-electron chi connectivity index (χ1n) is 34.8. The average molecular weight is 1330 g/mol. The number of hydrogen-bond donors (Lipinski definition) is 3. The Hall–Kier alpha value is -4.54. The van der Waals surface area contributed by atoms with Gasteiger partial charge >= 0.3 is 39.5 Å². The Bertz CT molecular complexity index is 2230. The van der Waals surface area contributed by atoms with Gasteiger partial charge in [0, 0.05) is 19.3 Å². The topological polar surface area (TPSA) is 237 Å². The van der Waals surface area contributed by atoms with E-state index in [0.29, 0.717) is 25.7 Å². The van der Waals surface area contributed by atoms with Crippen molar-refractivity contribution < 1.29 is 80.2 Å². The zero-order chi connectivity index (χ0) is 67.5. The molecule has 0 heterocycles. The highest BCUT2D eigenvalue weighted by atomic mass is 31.2. The zero-order valence-electron chi connectivity index (χ0n) is 56.9. The Morgan fingerprint density at radius 3 is 0.978 bits per heavy atom. The fourth-order valence-corrected chi connectivity index (χ4v) is 10.2. The van der Waals surface area contributed by atoms with Gasteiger partial charge in [-0.1, -0.05) is 233 Å². The summed E-state index contributed by atoms with van der Waals surface area (Å²) in [5.41, 5.74) is 0. The summed E-state index contributed by atoms with van der Waals surface area (Å²) in [6, 6.07) is 0. The van der Waals surface area contributed by atoms with Crippen LogP contribution in [0, 0.1) is 0 Å². The van der Waals surface area contributed by atoms with Crippen LogP contribution in [0.5, 0.6) is 0 Å². The van der Waals surface area contributed by atoms with E-state index in [0.717, 1.165) is 154 Å². The molecule has 0 radical (unpaired) electrons. The van der Waals surface area contributed by atoms with Crippen molar-refractivity contribution in [2.45, 2.75) is 277 Å². The van der Waals surface area contributed by atoms with E-state index in [-0.39, 0.29) is 25.7 Å². The molecule has 0 aromatic carbocycles. The monoisotopic (exact) mass is 1330 g/mol. The number of esters is 4. The second-order valence-electron chi connectivity index (χ2n) is 22.7. The number of ether oxygens (including phenoxy) is 4. The third-order valence-corrected chi connectivity index (χ3v) is 15.8. The van der Waals surface area contributed by atoms with Crippen molar-refractivity contribution in [3.63, 3.8) is 0 Å². The molecular formula is C73H122O17P2. The summed E-state index contributed by atoms with van der Waals surface area (Å²) in [6.45, 7) is 4.37. The van der Waals surface area contributed by atoms with Crippen molar-refractivity contribution in [1.29, 1.82) is 0 Å². The first kappa shape index (κ1) is 87.5. The number of carbonyl (C=O) groups excluding carboxylic acids is 4. The molecule has 5 unspecified atom stereocenters. The van der Waals surface area contributed by atoms with Crippen LogP contribution < -0.4 is 0 Å². The summed E-state index contributed by atoms with van der Waals surface area (Å²) in [5, 5.41) is 10.6. The Morgan fingerprint density at radius 2 is 0.609 bits per heavy atom. The maximum Gasteiger partial charge on any atom is 0.472 e. The largest absolute Gasteiger partial charge is 0.472 e. The van der Waals surface area contributed by atoms with Crippen LogP contribution in [0.1, 0.15) is 259 Å². The standard InChI is InChI=1S/C73H122O17P2/c1-5-9-13-17-21-25-29-31-33-35-39-42-46-50-54-58-71(76)84-64-69(90-73(78)60-56-52-48-44-40-36-34-32-30-26-22-18-14-10-6-2)66-88-92(81,82)86-62-67(74)61-85-91(79,80)87-65-68(89-72(77)59-55-51-47-43-38-28-24-20-16-12-8-4)63-83-70(75)57-53-49-45-41-37-27-23-19-15-11-7-3/h9-10,13-14,19-26,31-34,39,42,50,54,67-69,74H,5-8,11-12,15-18,27-30,35-38,40-41,43-49,51-53,55-66H2,1-4H3,(H,79,80)(H,81,82)/b13-9-,14-10-,23-19-,24-20-,25-21-,26-22-,33-31-,34-32-,42-39-,54-50-. The SMILES string of the molecule is CC/C=C\C/C=C\C/C=C\C/C=C\C/C=C\CC(=O)OCC(COP(=O)(O)OCC(O)COP(=O)(O)OCC(COC(=O)CCCCCCC/C=C\CCCC)OC(=O)CCCCCCC/C=C\CCCC)OC(=O)CCCCCCC/C=C\C/C=C\C/C=C\CC. The Kier molecular flexibility index (Phi) is 61.9. The van der Waals surface area contributed by atoms with Gasteiger partial charge in [-0.3, -0.25) is 37.3 Å². The number of carbonyl (C=O) groups is 4. The Morgan fingerprint density at radius 1 is 0.326 bits per heavy atom. The number of phosphoric acid groups is 2. The smallest absolute Gasteiger partial charge is 0.462 e. The number of hydrogen-bond acceptors (Lipinski definition) is 15. The second-order valence-corrected chi connectivity index (χ2v) is 25.6. The van der Waals surface area contributed by atoms with Gasteiger partial charge < -0.3 is 33.8 Å². The van der Waals surface area contributed by atoms with Crippen molar-refractivity contribution in [1.82, 2.24) is 0 Å². The predicted octanol–water partition coefficient (Wildman–Crippen LogP) is 19.2. The maximum atomic E-state index is 13.0. The molecule has 0 rings (SSSR count). The lowest BCUT2D eigenvalue weighted by molar-refractivity contribution is -0.161. The fourth-order valence-electron chi connectivity index (χ4n) is 8.62. The van der Waals surface area contributed by atoms with Gasteiger partial charge in [-0.25, -0.2) is 9.13 Å². The summed E-state index contributed by atoms with van der Waals surface area (Å²) >= 11 is 0. The molecule has 5 atom stereocenters. The predicted molar refractivity (Wildman–Crippen MR) is 371 cm³/mol. The minimum Gasteiger partial charge on any atom is -0.462 e. The average Bonchev–Trinajstić information content (AvgIpc) is 2.93. The Balaban J connectivity index is 5.42. The molecule has 19 heteroatoms. The minimum atomic E-state index is -4.99. The van der Waals surface area contributed by atoms with Crippen LogP contribution in [0.4, 0.5) is 0 Å². The second kappa shape index (κ2) is 65.1. The van der Waals surface area contributed by atoms with E-state index < -0.39 is 97.5 Å². The van der Waals surface area contributed by atoms with Crippen LogP contribution in [0.25, 0.3) is 0 Å². The fraction of sp³-hybridized carbons (Fsp3) is 0.671. The van der Waals surface area contributed by atoms with E-state index in [1.54, 1.807) is 6.08 Å². The van der Waals surface area contributed by atoms with Gasteiger partial charge in [0.25, 0.3) is 0 Å².